The zero-order chi connectivity index (χ0) is 10.7. The van der Waals surface area contributed by atoms with Crippen LogP contribution in [0.25, 0.3) is 0 Å². The second kappa shape index (κ2) is 4.05. The Kier molecular flexibility index (Phi) is 2.59. The van der Waals surface area contributed by atoms with E-state index in [-0.39, 0.29) is 11.9 Å². The van der Waals surface area contributed by atoms with Crippen LogP contribution in [0, 0.1) is 0 Å². The summed E-state index contributed by atoms with van der Waals surface area (Å²) in [6.45, 7) is 0. The Morgan fingerprint density at radius 3 is 2.87 bits per heavy atom. The minimum atomic E-state index is -0.373. The Morgan fingerprint density at radius 2 is 2.20 bits per heavy atom. The van der Waals surface area contributed by atoms with Crippen LogP contribution in [0.1, 0.15) is 10.4 Å². The summed E-state index contributed by atoms with van der Waals surface area (Å²) in [7, 11) is 0. The van der Waals surface area contributed by atoms with Crippen molar-refractivity contribution < 1.29 is 4.79 Å². The van der Waals surface area contributed by atoms with Crippen LogP contribution in [0.15, 0.2) is 24.3 Å². The maximum atomic E-state index is 11.6. The first-order chi connectivity index (χ1) is 7.27. The van der Waals surface area contributed by atoms with Gasteiger partial charge in [0.15, 0.2) is 0 Å². The minimum Gasteiger partial charge on any atom is -0.288 e. The van der Waals surface area contributed by atoms with Gasteiger partial charge >= 0.3 is 0 Å². The predicted octanol–water partition coefficient (Wildman–Crippen LogP) is 1.11. The van der Waals surface area contributed by atoms with E-state index in [1.807, 2.05) is 0 Å². The highest BCUT2D eigenvalue weighted by Crippen LogP contribution is 2.15. The lowest BCUT2D eigenvalue weighted by atomic mass is 10.2. The number of halogens is 1. The summed E-state index contributed by atoms with van der Waals surface area (Å²) < 4.78 is 0. The monoisotopic (exact) mass is 223 g/mol. The summed E-state index contributed by atoms with van der Waals surface area (Å²) in [5, 5.41) is 15.5. The van der Waals surface area contributed by atoms with Gasteiger partial charge in [0.25, 0.3) is 11.9 Å². The molecule has 6 nitrogen and oxygen atoms in total. The number of hydrogen-bond donors (Lipinski definition) is 2. The van der Waals surface area contributed by atoms with E-state index in [2.05, 4.69) is 25.9 Å². The maximum Gasteiger partial charge on any atom is 0.270 e. The molecule has 1 aromatic carbocycles. The van der Waals surface area contributed by atoms with Gasteiger partial charge in [-0.3, -0.25) is 10.1 Å². The van der Waals surface area contributed by atoms with Crippen molar-refractivity contribution in [1.29, 1.82) is 0 Å². The molecule has 0 aliphatic rings. The van der Waals surface area contributed by atoms with Crippen LogP contribution in [-0.4, -0.2) is 26.5 Å². The SMILES string of the molecule is O=C(Nc1nn[nH]n1)c1ccccc1Cl. The molecule has 0 fully saturated rings. The summed E-state index contributed by atoms with van der Waals surface area (Å²) >= 11 is 5.83. The molecule has 1 amide bonds. The number of aromatic amines is 1. The van der Waals surface area contributed by atoms with Gasteiger partial charge in [-0.15, -0.1) is 5.10 Å². The Morgan fingerprint density at radius 1 is 1.40 bits per heavy atom. The second-order valence-corrected chi connectivity index (χ2v) is 3.08. The fraction of sp³-hybridized carbons (Fsp3) is 0. The summed E-state index contributed by atoms with van der Waals surface area (Å²) in [4.78, 5) is 11.6. The molecule has 0 unspecified atom stereocenters. The molecular formula is C8H6ClN5O. The van der Waals surface area contributed by atoms with E-state index in [1.165, 1.54) is 0 Å². The lowest BCUT2D eigenvalue weighted by Gasteiger charge is -2.01. The fourth-order valence-corrected chi connectivity index (χ4v) is 1.25. The van der Waals surface area contributed by atoms with Crippen LogP contribution in [-0.2, 0) is 0 Å². The predicted molar refractivity (Wildman–Crippen MR) is 53.6 cm³/mol. The van der Waals surface area contributed by atoms with Crippen LogP contribution >= 0.6 is 11.6 Å². The minimum absolute atomic E-state index is 0.111. The van der Waals surface area contributed by atoms with E-state index in [4.69, 9.17) is 11.6 Å². The number of benzene rings is 1. The topological polar surface area (TPSA) is 83.6 Å². The molecule has 0 radical (unpaired) electrons. The number of hydrogen-bond acceptors (Lipinski definition) is 4. The third-order valence-electron chi connectivity index (χ3n) is 1.69. The van der Waals surface area contributed by atoms with Crippen LogP contribution in [0.2, 0.25) is 5.02 Å². The second-order valence-electron chi connectivity index (χ2n) is 2.67. The summed E-state index contributed by atoms with van der Waals surface area (Å²) in [5.41, 5.74) is 0.365. The van der Waals surface area contributed by atoms with E-state index in [0.29, 0.717) is 10.6 Å². The largest absolute Gasteiger partial charge is 0.288 e. The van der Waals surface area contributed by atoms with Crippen molar-refractivity contribution in [1.82, 2.24) is 20.6 Å². The lowest BCUT2D eigenvalue weighted by molar-refractivity contribution is 0.102. The van der Waals surface area contributed by atoms with Gasteiger partial charge in [0, 0.05) is 0 Å². The van der Waals surface area contributed by atoms with Gasteiger partial charge in [0.1, 0.15) is 0 Å². The highest BCUT2D eigenvalue weighted by molar-refractivity contribution is 6.34. The van der Waals surface area contributed by atoms with E-state index >= 15 is 0 Å². The molecule has 1 heterocycles. The Labute approximate surface area is 89.6 Å². The van der Waals surface area contributed by atoms with E-state index in [0.717, 1.165) is 0 Å². The van der Waals surface area contributed by atoms with Crippen molar-refractivity contribution >= 4 is 23.5 Å². The van der Waals surface area contributed by atoms with Crippen LogP contribution < -0.4 is 5.32 Å². The van der Waals surface area contributed by atoms with E-state index in [1.54, 1.807) is 24.3 Å². The molecule has 0 bridgehead atoms. The number of aromatic nitrogens is 4. The Bertz CT molecular complexity index is 470. The standard InChI is InChI=1S/C8H6ClN5O/c9-6-4-2-1-3-5(6)7(15)10-8-11-13-14-12-8/h1-4H,(H2,10,11,12,13,14,15). The molecule has 0 atom stereocenters. The maximum absolute atomic E-state index is 11.6. The highest BCUT2D eigenvalue weighted by Gasteiger charge is 2.11. The first-order valence-corrected chi connectivity index (χ1v) is 4.44. The molecule has 15 heavy (non-hydrogen) atoms. The quantitative estimate of drug-likeness (QED) is 0.799. The van der Waals surface area contributed by atoms with Crippen LogP contribution in [0.3, 0.4) is 0 Å². The number of rotatable bonds is 2. The van der Waals surface area contributed by atoms with E-state index in [9.17, 15) is 4.79 Å². The third-order valence-corrected chi connectivity index (χ3v) is 2.02. The smallest absolute Gasteiger partial charge is 0.270 e. The molecule has 2 aromatic rings. The molecule has 0 saturated carbocycles. The molecule has 0 spiro atoms. The molecule has 2 N–H and O–H groups in total. The molecule has 7 heteroatoms. The molecule has 0 saturated heterocycles. The van der Waals surface area contributed by atoms with Crippen molar-refractivity contribution in [3.05, 3.63) is 34.9 Å². The van der Waals surface area contributed by atoms with E-state index < -0.39 is 0 Å². The average molecular weight is 224 g/mol. The summed E-state index contributed by atoms with van der Waals surface area (Å²) in [5.74, 6) is -0.262. The number of nitrogens with zero attached hydrogens (tertiary/aromatic N) is 3. The van der Waals surface area contributed by atoms with Gasteiger partial charge in [-0.25, -0.2) is 0 Å². The van der Waals surface area contributed by atoms with Crippen molar-refractivity contribution in [2.24, 2.45) is 0 Å². The number of H-pyrrole nitrogens is 1. The molecule has 2 rings (SSSR count). The Balaban J connectivity index is 2.19. The number of carbonyl (C=O) groups excluding carboxylic acids is 1. The van der Waals surface area contributed by atoms with Crippen LogP contribution in [0.4, 0.5) is 5.95 Å². The first kappa shape index (κ1) is 9.60. The van der Waals surface area contributed by atoms with Gasteiger partial charge < -0.3 is 0 Å². The van der Waals surface area contributed by atoms with Crippen molar-refractivity contribution in [2.45, 2.75) is 0 Å². The van der Waals surface area contributed by atoms with Gasteiger partial charge in [-0.2, -0.15) is 5.21 Å². The number of amides is 1. The Hall–Kier alpha value is -1.95. The zero-order valence-electron chi connectivity index (χ0n) is 7.44. The highest BCUT2D eigenvalue weighted by atomic mass is 35.5. The molecule has 0 aliphatic heterocycles. The molecular weight excluding hydrogens is 218 g/mol. The van der Waals surface area contributed by atoms with Crippen molar-refractivity contribution in [2.75, 3.05) is 5.32 Å². The van der Waals surface area contributed by atoms with Gasteiger partial charge in [-0.05, 0) is 17.3 Å². The van der Waals surface area contributed by atoms with Gasteiger partial charge in [-0.1, -0.05) is 28.8 Å². The number of tetrazole rings is 1. The average Bonchev–Trinajstić information content (AvgIpc) is 2.71. The van der Waals surface area contributed by atoms with Crippen molar-refractivity contribution in [3.63, 3.8) is 0 Å². The zero-order valence-corrected chi connectivity index (χ0v) is 8.19. The number of nitrogens with one attached hydrogen (secondary N) is 2. The third kappa shape index (κ3) is 2.10. The molecule has 76 valence electrons. The van der Waals surface area contributed by atoms with Crippen LogP contribution in [0.5, 0.6) is 0 Å². The first-order valence-electron chi connectivity index (χ1n) is 4.06. The summed E-state index contributed by atoms with van der Waals surface area (Å²) in [6, 6.07) is 6.70. The molecule has 0 aliphatic carbocycles. The van der Waals surface area contributed by atoms with Gasteiger partial charge in [0.05, 0.1) is 10.6 Å². The number of carbonyl (C=O) groups is 1. The summed E-state index contributed by atoms with van der Waals surface area (Å²) in [6.07, 6.45) is 0. The van der Waals surface area contributed by atoms with Crippen molar-refractivity contribution in [3.8, 4) is 0 Å². The van der Waals surface area contributed by atoms with Gasteiger partial charge in [0.2, 0.25) is 0 Å². The molecule has 1 aromatic heterocycles. The normalized spacial score (nSPS) is 9.93. The fourth-order valence-electron chi connectivity index (χ4n) is 1.03. The number of anilines is 1. The lowest BCUT2D eigenvalue weighted by Crippen LogP contribution is -2.13.